The van der Waals surface area contributed by atoms with E-state index in [1.54, 1.807) is 12.1 Å². The van der Waals surface area contributed by atoms with Crippen LogP contribution in [0.1, 0.15) is 24.7 Å². The largest absolute Gasteiger partial charge is 0.379 e. The van der Waals surface area contributed by atoms with Gasteiger partial charge in [0.1, 0.15) is 11.3 Å². The molecule has 1 unspecified atom stereocenters. The molecule has 1 aromatic heterocycles. The smallest absolute Gasteiger partial charge is 0.177 e. The fourth-order valence-corrected chi connectivity index (χ4v) is 3.88. The Kier molecular flexibility index (Phi) is 3.94. The van der Waals surface area contributed by atoms with Crippen molar-refractivity contribution in [1.82, 2.24) is 9.55 Å². The Labute approximate surface area is 128 Å². The number of rotatable bonds is 3. The van der Waals surface area contributed by atoms with Crippen LogP contribution in [-0.4, -0.2) is 37.4 Å². The summed E-state index contributed by atoms with van der Waals surface area (Å²) in [6.07, 6.45) is 3.17. The molecule has 1 fully saturated rings. The lowest BCUT2D eigenvalue weighted by atomic mass is 10.1. The summed E-state index contributed by atoms with van der Waals surface area (Å²) in [5.74, 6) is 0.937. The van der Waals surface area contributed by atoms with Gasteiger partial charge in [-0.25, -0.2) is 13.4 Å². The summed E-state index contributed by atoms with van der Waals surface area (Å²) in [5.41, 5.74) is 1.31. The number of benzene rings is 1. The van der Waals surface area contributed by atoms with Crippen molar-refractivity contribution >= 4 is 32.5 Å². The van der Waals surface area contributed by atoms with Gasteiger partial charge in [0.05, 0.1) is 28.9 Å². The Morgan fingerprint density at radius 3 is 2.90 bits per heavy atom. The number of ether oxygens (including phenoxy) is 1. The summed E-state index contributed by atoms with van der Waals surface area (Å²) in [6, 6.07) is 5.39. The number of hydrogen-bond donors (Lipinski definition) is 0. The summed E-state index contributed by atoms with van der Waals surface area (Å²) in [4.78, 5) is 4.72. The lowest BCUT2D eigenvalue weighted by Gasteiger charge is -2.25. The van der Waals surface area contributed by atoms with Crippen molar-refractivity contribution in [2.75, 3.05) is 19.5 Å². The van der Waals surface area contributed by atoms with Gasteiger partial charge >= 0.3 is 0 Å². The number of hydrogen-bond acceptors (Lipinski definition) is 4. The van der Waals surface area contributed by atoms with Crippen LogP contribution in [0.5, 0.6) is 0 Å². The van der Waals surface area contributed by atoms with Gasteiger partial charge in [0.2, 0.25) is 0 Å². The molecule has 0 bridgehead atoms. The first-order valence-electron chi connectivity index (χ1n) is 6.86. The van der Waals surface area contributed by atoms with Gasteiger partial charge < -0.3 is 9.30 Å². The highest BCUT2D eigenvalue weighted by Crippen LogP contribution is 2.30. The molecule has 5 nitrogen and oxygen atoms in total. The topological polar surface area (TPSA) is 61.2 Å². The summed E-state index contributed by atoms with van der Waals surface area (Å²) in [6.45, 7) is 1.38. The third kappa shape index (κ3) is 2.67. The molecule has 1 saturated heterocycles. The Bertz CT molecular complexity index is 764. The highest BCUT2D eigenvalue weighted by atomic mass is 35.5. The molecule has 114 valence electrons. The molecule has 3 rings (SSSR count). The predicted octanol–water partition coefficient (Wildman–Crippen LogP) is 2.53. The zero-order chi connectivity index (χ0) is 15.0. The highest BCUT2D eigenvalue weighted by Gasteiger charge is 2.24. The minimum absolute atomic E-state index is 0.160. The Balaban J connectivity index is 2.24. The Hall–Kier alpha value is -1.11. The monoisotopic (exact) mass is 328 g/mol. The van der Waals surface area contributed by atoms with Crippen LogP contribution in [0, 0.1) is 0 Å². The number of halogens is 1. The number of imidazole rings is 1. The molecular formula is C14H17ClN2O3S. The van der Waals surface area contributed by atoms with Crippen LogP contribution in [0.3, 0.4) is 0 Å². The van der Waals surface area contributed by atoms with E-state index in [9.17, 15) is 8.42 Å². The minimum atomic E-state index is -3.32. The van der Waals surface area contributed by atoms with Crippen molar-refractivity contribution in [3.05, 3.63) is 24.0 Å². The maximum Gasteiger partial charge on any atom is 0.177 e. The number of alkyl halides is 1. The number of nitrogens with zero attached hydrogens (tertiary/aromatic N) is 2. The zero-order valence-corrected chi connectivity index (χ0v) is 13.3. The predicted molar refractivity (Wildman–Crippen MR) is 81.5 cm³/mol. The maximum atomic E-state index is 11.9. The van der Waals surface area contributed by atoms with Crippen molar-refractivity contribution < 1.29 is 13.2 Å². The molecule has 0 spiro atoms. The standard InChI is InChI=1S/C14H17ClN2O3S/c1-21(18,19)12-6-2-5-11-14(12)16-13(8-15)17(11)10-4-3-7-20-9-10/h2,5-6,10H,3-4,7-9H2,1H3. The fourth-order valence-electron chi connectivity index (χ4n) is 2.87. The summed E-state index contributed by atoms with van der Waals surface area (Å²) in [7, 11) is -3.32. The van der Waals surface area contributed by atoms with Crippen molar-refractivity contribution in [2.45, 2.75) is 29.7 Å². The van der Waals surface area contributed by atoms with Gasteiger partial charge in [0.15, 0.2) is 9.84 Å². The molecule has 1 aromatic carbocycles. The van der Waals surface area contributed by atoms with E-state index in [4.69, 9.17) is 16.3 Å². The van der Waals surface area contributed by atoms with Crippen LogP contribution in [-0.2, 0) is 20.5 Å². The van der Waals surface area contributed by atoms with Gasteiger partial charge in [-0.1, -0.05) is 6.07 Å². The second kappa shape index (κ2) is 5.59. The molecule has 1 aliphatic rings. The molecular weight excluding hydrogens is 312 g/mol. The van der Waals surface area contributed by atoms with E-state index in [0.717, 1.165) is 25.0 Å². The Morgan fingerprint density at radius 1 is 1.48 bits per heavy atom. The van der Waals surface area contributed by atoms with Crippen LogP contribution in [0.2, 0.25) is 0 Å². The van der Waals surface area contributed by atoms with E-state index in [1.165, 1.54) is 6.26 Å². The molecule has 1 aliphatic heterocycles. The first-order chi connectivity index (χ1) is 10.0. The van der Waals surface area contributed by atoms with Gasteiger partial charge in [-0.3, -0.25) is 0 Å². The number of fused-ring (bicyclic) bond motifs is 1. The van der Waals surface area contributed by atoms with E-state index in [-0.39, 0.29) is 16.8 Å². The number of para-hydroxylation sites is 1. The molecule has 2 aromatic rings. The van der Waals surface area contributed by atoms with Crippen LogP contribution in [0.25, 0.3) is 11.0 Å². The Morgan fingerprint density at radius 2 is 2.29 bits per heavy atom. The van der Waals surface area contributed by atoms with E-state index in [1.807, 2.05) is 10.6 Å². The first-order valence-corrected chi connectivity index (χ1v) is 9.28. The van der Waals surface area contributed by atoms with E-state index >= 15 is 0 Å². The molecule has 0 saturated carbocycles. The summed E-state index contributed by atoms with van der Waals surface area (Å²) < 4.78 is 31.4. The third-order valence-electron chi connectivity index (χ3n) is 3.78. The van der Waals surface area contributed by atoms with E-state index in [0.29, 0.717) is 17.9 Å². The lowest BCUT2D eigenvalue weighted by Crippen LogP contribution is -2.22. The molecule has 0 amide bonds. The number of aromatic nitrogens is 2. The fraction of sp³-hybridized carbons (Fsp3) is 0.500. The van der Waals surface area contributed by atoms with Crippen molar-refractivity contribution in [3.63, 3.8) is 0 Å². The van der Waals surface area contributed by atoms with Crippen molar-refractivity contribution in [2.24, 2.45) is 0 Å². The van der Waals surface area contributed by atoms with Gasteiger partial charge in [0.25, 0.3) is 0 Å². The summed E-state index contributed by atoms with van der Waals surface area (Å²) >= 11 is 6.02. The molecule has 7 heteroatoms. The van der Waals surface area contributed by atoms with Gasteiger partial charge in [0, 0.05) is 12.9 Å². The average molecular weight is 329 g/mol. The second-order valence-electron chi connectivity index (χ2n) is 5.30. The molecule has 1 atom stereocenters. The van der Waals surface area contributed by atoms with Gasteiger partial charge in [-0.15, -0.1) is 11.6 Å². The quantitative estimate of drug-likeness (QED) is 0.812. The first kappa shape index (κ1) is 14.8. The van der Waals surface area contributed by atoms with Crippen LogP contribution in [0.15, 0.2) is 23.1 Å². The molecule has 0 aliphatic carbocycles. The lowest BCUT2D eigenvalue weighted by molar-refractivity contribution is 0.0597. The number of sulfone groups is 1. The third-order valence-corrected chi connectivity index (χ3v) is 5.14. The molecule has 2 heterocycles. The molecule has 21 heavy (non-hydrogen) atoms. The van der Waals surface area contributed by atoms with Crippen molar-refractivity contribution in [1.29, 1.82) is 0 Å². The SMILES string of the molecule is CS(=O)(=O)c1cccc2c1nc(CCl)n2C1CCCOC1. The van der Waals surface area contributed by atoms with Crippen molar-refractivity contribution in [3.8, 4) is 0 Å². The normalized spacial score (nSPS) is 20.0. The minimum Gasteiger partial charge on any atom is -0.379 e. The summed E-state index contributed by atoms with van der Waals surface area (Å²) in [5, 5.41) is 0. The van der Waals surface area contributed by atoms with Gasteiger partial charge in [-0.05, 0) is 25.0 Å². The highest BCUT2D eigenvalue weighted by molar-refractivity contribution is 7.91. The van der Waals surface area contributed by atoms with Crippen LogP contribution >= 0.6 is 11.6 Å². The van der Waals surface area contributed by atoms with E-state index < -0.39 is 9.84 Å². The maximum absolute atomic E-state index is 11.9. The zero-order valence-electron chi connectivity index (χ0n) is 11.8. The van der Waals surface area contributed by atoms with Gasteiger partial charge in [-0.2, -0.15) is 0 Å². The molecule has 0 N–H and O–H groups in total. The van der Waals surface area contributed by atoms with E-state index in [2.05, 4.69) is 4.98 Å². The second-order valence-corrected chi connectivity index (χ2v) is 7.55. The molecule has 0 radical (unpaired) electrons. The van der Waals surface area contributed by atoms with Crippen LogP contribution < -0.4 is 0 Å². The average Bonchev–Trinajstić information content (AvgIpc) is 2.85. The van der Waals surface area contributed by atoms with Crippen LogP contribution in [0.4, 0.5) is 0 Å².